The Morgan fingerprint density at radius 1 is 1.29 bits per heavy atom. The normalized spacial score (nSPS) is 22.8. The Labute approximate surface area is 143 Å². The third kappa shape index (κ3) is 3.62. The lowest BCUT2D eigenvalue weighted by molar-refractivity contribution is 0.0166. The SMILES string of the molecule is CC(C)(C)OC(=O)N1C2C=C(Cc3ccc(C#N)cc3)CC1CC2. The van der Waals surface area contributed by atoms with Gasteiger partial charge in [0.1, 0.15) is 5.60 Å². The minimum Gasteiger partial charge on any atom is -0.444 e. The lowest BCUT2D eigenvalue weighted by atomic mass is 9.95. The summed E-state index contributed by atoms with van der Waals surface area (Å²) in [7, 11) is 0. The van der Waals surface area contributed by atoms with Crippen molar-refractivity contribution in [1.29, 1.82) is 5.26 Å². The van der Waals surface area contributed by atoms with E-state index in [1.165, 1.54) is 11.1 Å². The molecule has 2 aliphatic heterocycles. The summed E-state index contributed by atoms with van der Waals surface area (Å²) >= 11 is 0. The number of carbonyl (C=O) groups is 1. The predicted molar refractivity (Wildman–Crippen MR) is 92.4 cm³/mol. The maximum Gasteiger partial charge on any atom is 0.411 e. The molecule has 2 atom stereocenters. The second-order valence-electron chi connectivity index (χ2n) is 7.70. The quantitative estimate of drug-likeness (QED) is 0.766. The number of fused-ring (bicyclic) bond motifs is 2. The first-order valence-corrected chi connectivity index (χ1v) is 8.55. The number of hydrogen-bond acceptors (Lipinski definition) is 3. The van der Waals surface area contributed by atoms with Gasteiger partial charge >= 0.3 is 6.09 Å². The van der Waals surface area contributed by atoms with E-state index in [1.807, 2.05) is 49.9 Å². The standard InChI is InChI=1S/C20H24N2O2/c1-20(2,3)24-19(23)22-17-8-9-18(22)12-16(11-17)10-14-4-6-15(13-21)7-5-14/h4-7,11,17-18H,8-10,12H2,1-3H3. The summed E-state index contributed by atoms with van der Waals surface area (Å²) in [6.07, 6.45) is 5.91. The van der Waals surface area contributed by atoms with E-state index in [4.69, 9.17) is 10.00 Å². The Bertz CT molecular complexity index is 692. The van der Waals surface area contributed by atoms with Crippen molar-refractivity contribution in [2.75, 3.05) is 0 Å². The summed E-state index contributed by atoms with van der Waals surface area (Å²) in [6, 6.07) is 10.3. The van der Waals surface area contributed by atoms with Gasteiger partial charge < -0.3 is 4.74 Å². The zero-order valence-corrected chi connectivity index (χ0v) is 14.6. The van der Waals surface area contributed by atoms with Crippen LogP contribution in [0.5, 0.6) is 0 Å². The monoisotopic (exact) mass is 324 g/mol. The van der Waals surface area contributed by atoms with Gasteiger partial charge in [0.15, 0.2) is 0 Å². The van der Waals surface area contributed by atoms with Gasteiger partial charge in [-0.1, -0.05) is 23.8 Å². The molecule has 1 amide bonds. The first-order chi connectivity index (χ1) is 11.4. The fraction of sp³-hybridized carbons (Fsp3) is 0.500. The molecule has 24 heavy (non-hydrogen) atoms. The summed E-state index contributed by atoms with van der Waals surface area (Å²) in [6.45, 7) is 5.72. The van der Waals surface area contributed by atoms with E-state index in [2.05, 4.69) is 12.1 Å². The van der Waals surface area contributed by atoms with Crippen LogP contribution in [0.1, 0.15) is 51.2 Å². The molecule has 3 rings (SSSR count). The molecule has 2 aliphatic rings. The summed E-state index contributed by atoms with van der Waals surface area (Å²) < 4.78 is 5.56. The van der Waals surface area contributed by atoms with Gasteiger partial charge in [-0.05, 0) is 64.2 Å². The highest BCUT2D eigenvalue weighted by Crippen LogP contribution is 2.36. The first-order valence-electron chi connectivity index (χ1n) is 8.55. The molecule has 1 saturated heterocycles. The van der Waals surface area contributed by atoms with Crippen molar-refractivity contribution >= 4 is 6.09 Å². The van der Waals surface area contributed by atoms with Gasteiger partial charge in [-0.25, -0.2) is 4.79 Å². The second-order valence-corrected chi connectivity index (χ2v) is 7.70. The average Bonchev–Trinajstić information content (AvgIpc) is 2.78. The number of benzene rings is 1. The summed E-state index contributed by atoms with van der Waals surface area (Å²) in [5, 5.41) is 8.88. The van der Waals surface area contributed by atoms with Crippen LogP contribution in [0, 0.1) is 11.3 Å². The molecule has 2 bridgehead atoms. The Hall–Kier alpha value is -2.28. The van der Waals surface area contributed by atoms with E-state index in [-0.39, 0.29) is 18.2 Å². The molecule has 2 unspecified atom stereocenters. The number of amides is 1. The van der Waals surface area contributed by atoms with Gasteiger partial charge in [-0.2, -0.15) is 5.26 Å². The molecule has 1 fully saturated rings. The predicted octanol–water partition coefficient (Wildman–Crippen LogP) is 4.20. The highest BCUT2D eigenvalue weighted by atomic mass is 16.6. The molecule has 4 heteroatoms. The Balaban J connectivity index is 1.70. The Kier molecular flexibility index (Phi) is 4.36. The summed E-state index contributed by atoms with van der Waals surface area (Å²) in [5.41, 5.74) is 2.83. The minimum absolute atomic E-state index is 0.159. The number of ether oxygens (including phenoxy) is 1. The molecule has 1 aromatic rings. The van der Waals surface area contributed by atoms with Crippen LogP contribution in [0.15, 0.2) is 35.9 Å². The molecular weight excluding hydrogens is 300 g/mol. The van der Waals surface area contributed by atoms with Gasteiger partial charge in [-0.3, -0.25) is 4.90 Å². The summed E-state index contributed by atoms with van der Waals surface area (Å²) in [5.74, 6) is 0. The molecule has 0 N–H and O–H groups in total. The molecule has 0 spiro atoms. The lowest BCUT2D eigenvalue weighted by Gasteiger charge is -2.35. The van der Waals surface area contributed by atoms with Crippen molar-refractivity contribution in [2.45, 2.75) is 64.1 Å². The molecule has 0 aromatic heterocycles. The van der Waals surface area contributed by atoms with Crippen LogP contribution < -0.4 is 0 Å². The van der Waals surface area contributed by atoms with E-state index in [1.54, 1.807) is 0 Å². The molecule has 0 saturated carbocycles. The van der Waals surface area contributed by atoms with E-state index in [9.17, 15) is 4.79 Å². The Morgan fingerprint density at radius 3 is 2.58 bits per heavy atom. The van der Waals surface area contributed by atoms with Crippen molar-refractivity contribution in [3.05, 3.63) is 47.0 Å². The van der Waals surface area contributed by atoms with E-state index in [0.29, 0.717) is 5.56 Å². The van der Waals surface area contributed by atoms with Crippen LogP contribution in [0.3, 0.4) is 0 Å². The largest absolute Gasteiger partial charge is 0.444 e. The second kappa shape index (κ2) is 6.32. The van der Waals surface area contributed by atoms with Crippen LogP contribution in [0.25, 0.3) is 0 Å². The molecular formula is C20H24N2O2. The van der Waals surface area contributed by atoms with Crippen molar-refractivity contribution in [1.82, 2.24) is 4.90 Å². The van der Waals surface area contributed by atoms with E-state index < -0.39 is 5.60 Å². The molecule has 0 aliphatic carbocycles. The highest BCUT2D eigenvalue weighted by molar-refractivity contribution is 5.70. The van der Waals surface area contributed by atoms with E-state index in [0.717, 1.165) is 25.7 Å². The number of nitrogens with zero attached hydrogens (tertiary/aromatic N) is 2. The van der Waals surface area contributed by atoms with Crippen molar-refractivity contribution < 1.29 is 9.53 Å². The fourth-order valence-electron chi connectivity index (χ4n) is 3.61. The smallest absolute Gasteiger partial charge is 0.411 e. The van der Waals surface area contributed by atoms with E-state index >= 15 is 0 Å². The van der Waals surface area contributed by atoms with Crippen LogP contribution >= 0.6 is 0 Å². The highest BCUT2D eigenvalue weighted by Gasteiger charge is 2.41. The Morgan fingerprint density at radius 2 is 2.00 bits per heavy atom. The van der Waals surface area contributed by atoms with Gasteiger partial charge in [0.2, 0.25) is 0 Å². The number of carbonyl (C=O) groups excluding carboxylic acids is 1. The van der Waals surface area contributed by atoms with Crippen molar-refractivity contribution in [3.63, 3.8) is 0 Å². The van der Waals surface area contributed by atoms with Crippen LogP contribution in [0.4, 0.5) is 4.79 Å². The molecule has 4 nitrogen and oxygen atoms in total. The zero-order chi connectivity index (χ0) is 17.3. The maximum absolute atomic E-state index is 12.5. The average molecular weight is 324 g/mol. The zero-order valence-electron chi connectivity index (χ0n) is 14.6. The van der Waals surface area contributed by atoms with Gasteiger partial charge in [0.25, 0.3) is 0 Å². The minimum atomic E-state index is -0.455. The van der Waals surface area contributed by atoms with Crippen molar-refractivity contribution in [3.8, 4) is 6.07 Å². The van der Waals surface area contributed by atoms with Gasteiger partial charge in [0.05, 0.1) is 17.7 Å². The van der Waals surface area contributed by atoms with Crippen molar-refractivity contribution in [2.24, 2.45) is 0 Å². The molecule has 0 radical (unpaired) electrons. The van der Waals surface area contributed by atoms with Gasteiger partial charge in [0, 0.05) is 6.04 Å². The van der Waals surface area contributed by atoms with Gasteiger partial charge in [-0.15, -0.1) is 0 Å². The van der Waals surface area contributed by atoms with Crippen LogP contribution in [0.2, 0.25) is 0 Å². The number of rotatable bonds is 2. The maximum atomic E-state index is 12.5. The number of hydrogen-bond donors (Lipinski definition) is 0. The molecule has 2 heterocycles. The third-order valence-corrected chi connectivity index (χ3v) is 4.59. The fourth-order valence-corrected chi connectivity index (χ4v) is 3.61. The number of nitriles is 1. The third-order valence-electron chi connectivity index (χ3n) is 4.59. The van der Waals surface area contributed by atoms with Crippen LogP contribution in [-0.2, 0) is 11.2 Å². The summed E-state index contributed by atoms with van der Waals surface area (Å²) in [4.78, 5) is 14.4. The van der Waals surface area contributed by atoms with Crippen LogP contribution in [-0.4, -0.2) is 28.7 Å². The topological polar surface area (TPSA) is 53.3 Å². The molecule has 126 valence electrons. The molecule has 1 aromatic carbocycles. The lowest BCUT2D eigenvalue weighted by Crippen LogP contribution is -2.45. The first kappa shape index (κ1) is 16.6.